The van der Waals surface area contributed by atoms with Crippen molar-refractivity contribution in [1.82, 2.24) is 20.2 Å². The maximum Gasteiger partial charge on any atom is 0.232 e. The molecule has 198 valence electrons. The molecule has 0 bridgehead atoms. The topological polar surface area (TPSA) is 108 Å². The number of primary amides is 1. The number of likely N-dealkylation sites (N-methyl/N-ethyl adjacent to an activating group) is 1. The Morgan fingerprint density at radius 3 is 2.61 bits per heavy atom. The van der Waals surface area contributed by atoms with Gasteiger partial charge in [-0.15, -0.1) is 0 Å². The summed E-state index contributed by atoms with van der Waals surface area (Å²) in [6, 6.07) is 9.57. The van der Waals surface area contributed by atoms with Crippen molar-refractivity contribution in [2.75, 3.05) is 45.2 Å². The number of nitrogens with two attached hydrogens (primary N) is 1. The van der Waals surface area contributed by atoms with E-state index < -0.39 is 22.6 Å². The maximum absolute atomic E-state index is 16.8. The molecule has 2 fully saturated rings. The van der Waals surface area contributed by atoms with Crippen LogP contribution in [-0.2, 0) is 15.6 Å². The molecule has 1 aromatic heterocycles. The first-order chi connectivity index (χ1) is 18.0. The van der Waals surface area contributed by atoms with Crippen molar-refractivity contribution >= 4 is 40.4 Å². The number of anilines is 1. The highest BCUT2D eigenvalue weighted by molar-refractivity contribution is 6.32. The van der Waals surface area contributed by atoms with Gasteiger partial charge in [0.05, 0.1) is 11.5 Å². The highest BCUT2D eigenvalue weighted by Gasteiger charge is 2.49. The van der Waals surface area contributed by atoms with E-state index in [-0.39, 0.29) is 28.3 Å². The number of nitrogens with one attached hydrogen (secondary N) is 1. The fraction of sp³-hybridized carbons (Fsp3) is 0.393. The second kappa shape index (κ2) is 8.62. The van der Waals surface area contributed by atoms with Crippen LogP contribution in [0.3, 0.4) is 0 Å². The maximum atomic E-state index is 16.8. The summed E-state index contributed by atoms with van der Waals surface area (Å²) >= 11 is 6.86. The molecule has 1 aliphatic carbocycles. The van der Waals surface area contributed by atoms with E-state index >= 15 is 4.39 Å². The molecule has 3 heterocycles. The third-order valence-electron chi connectivity index (χ3n) is 8.49. The van der Waals surface area contributed by atoms with E-state index in [1.807, 2.05) is 50.2 Å². The highest BCUT2D eigenvalue weighted by atomic mass is 35.5. The van der Waals surface area contributed by atoms with Crippen molar-refractivity contribution < 1.29 is 14.3 Å². The molecule has 1 unspecified atom stereocenters. The van der Waals surface area contributed by atoms with Crippen molar-refractivity contribution in [3.05, 3.63) is 69.3 Å². The van der Waals surface area contributed by atoms with Gasteiger partial charge in [0.1, 0.15) is 10.9 Å². The lowest BCUT2D eigenvalue weighted by Gasteiger charge is -2.44. The summed E-state index contributed by atoms with van der Waals surface area (Å²) < 4.78 is 16.8. The number of fused-ring (bicyclic) bond motifs is 2. The van der Waals surface area contributed by atoms with E-state index in [1.165, 1.54) is 0 Å². The van der Waals surface area contributed by atoms with Gasteiger partial charge in [0, 0.05) is 60.0 Å². The normalized spacial score (nSPS) is 22.6. The number of aromatic nitrogens is 2. The van der Waals surface area contributed by atoms with Crippen LogP contribution in [0.5, 0.6) is 0 Å². The minimum atomic E-state index is -1.08. The number of benzene rings is 2. The molecule has 4 N–H and O–H groups in total. The Morgan fingerprint density at radius 1 is 1.26 bits per heavy atom. The van der Waals surface area contributed by atoms with Crippen LogP contribution in [0.2, 0.25) is 5.02 Å². The quantitative estimate of drug-likeness (QED) is 0.460. The van der Waals surface area contributed by atoms with Crippen molar-refractivity contribution in [2.24, 2.45) is 5.73 Å². The smallest absolute Gasteiger partial charge is 0.232 e. The molecular formula is C28H30ClFN6O2. The van der Waals surface area contributed by atoms with Gasteiger partial charge in [-0.3, -0.25) is 4.79 Å². The zero-order chi connectivity index (χ0) is 27.0. The predicted molar refractivity (Wildman–Crippen MR) is 146 cm³/mol. The molecule has 3 aliphatic rings. The molecule has 3 aromatic rings. The van der Waals surface area contributed by atoms with Crippen LogP contribution in [0.1, 0.15) is 35.7 Å². The van der Waals surface area contributed by atoms with Gasteiger partial charge in [0.25, 0.3) is 0 Å². The molecule has 8 nitrogen and oxygen atoms in total. The molecule has 2 aliphatic heterocycles. The fourth-order valence-electron chi connectivity index (χ4n) is 6.01. The summed E-state index contributed by atoms with van der Waals surface area (Å²) in [5.41, 5.74) is 6.27. The Kier molecular flexibility index (Phi) is 5.68. The summed E-state index contributed by atoms with van der Waals surface area (Å²) in [7, 11) is 4.02. The van der Waals surface area contributed by atoms with Crippen LogP contribution in [0.4, 0.5) is 10.3 Å². The number of nitrogens with zero attached hydrogens (tertiary/aromatic N) is 4. The number of allylic oxidation sites excluding steroid dienone is 1. The third-order valence-corrected chi connectivity index (χ3v) is 8.79. The largest absolute Gasteiger partial charge is 0.512 e. The number of hydrogen-bond donors (Lipinski definition) is 3. The first kappa shape index (κ1) is 25.0. The number of aliphatic hydroxyl groups excluding tert-OH is 1. The summed E-state index contributed by atoms with van der Waals surface area (Å²) in [5.74, 6) is -0.599. The number of amides is 1. The second-order valence-electron chi connectivity index (χ2n) is 11.1. The Morgan fingerprint density at radius 2 is 1.97 bits per heavy atom. The fourth-order valence-corrected chi connectivity index (χ4v) is 6.41. The molecule has 1 amide bonds. The third kappa shape index (κ3) is 3.52. The molecule has 2 saturated heterocycles. The van der Waals surface area contributed by atoms with Crippen LogP contribution in [0.25, 0.3) is 17.0 Å². The summed E-state index contributed by atoms with van der Waals surface area (Å²) in [4.78, 5) is 26.3. The molecule has 2 aromatic carbocycles. The van der Waals surface area contributed by atoms with Gasteiger partial charge < -0.3 is 26.0 Å². The monoisotopic (exact) mass is 536 g/mol. The predicted octanol–water partition coefficient (Wildman–Crippen LogP) is 3.11. The summed E-state index contributed by atoms with van der Waals surface area (Å²) in [6.45, 7) is 3.86. The standard InChI is InChI=1S/C28H30ClFN6O2/c1-27(10-17(37)8-15-6-4-5-7-19(15)27)21-20(29)9-18-23(22(21)30)33-26(36-11-16(12-36)35(2)3)34-24(18)28(25(31)38)13-32-14-28/h4-9,16,32,37H,10-14H2,1-3H3,(H2,31,38). The van der Waals surface area contributed by atoms with Crippen molar-refractivity contribution in [3.63, 3.8) is 0 Å². The van der Waals surface area contributed by atoms with E-state index in [0.717, 1.165) is 11.1 Å². The van der Waals surface area contributed by atoms with Crippen LogP contribution in [-0.4, -0.2) is 72.2 Å². The van der Waals surface area contributed by atoms with Gasteiger partial charge in [-0.1, -0.05) is 42.8 Å². The number of rotatable bonds is 5. The number of aliphatic hydroxyl groups is 1. The first-order valence-electron chi connectivity index (χ1n) is 12.7. The van der Waals surface area contributed by atoms with E-state index in [2.05, 4.69) is 10.2 Å². The average molecular weight is 537 g/mol. The molecule has 6 rings (SSSR count). The summed E-state index contributed by atoms with van der Waals surface area (Å²) in [6.07, 6.45) is 1.89. The molecule has 0 saturated carbocycles. The highest BCUT2D eigenvalue weighted by Crippen LogP contribution is 2.48. The zero-order valence-electron chi connectivity index (χ0n) is 21.6. The van der Waals surface area contributed by atoms with E-state index in [9.17, 15) is 9.90 Å². The van der Waals surface area contributed by atoms with E-state index in [4.69, 9.17) is 27.3 Å². The lowest BCUT2D eigenvalue weighted by atomic mass is 9.68. The Bertz CT molecular complexity index is 1510. The Labute approximate surface area is 225 Å². The van der Waals surface area contributed by atoms with E-state index in [0.29, 0.717) is 49.2 Å². The van der Waals surface area contributed by atoms with E-state index in [1.54, 1.807) is 12.1 Å². The SMILES string of the molecule is CN(C)C1CN(c2nc(C3(C(N)=O)CNC3)c3cc(Cl)c(C4(C)CC(O)=Cc5ccccc54)c(F)c3n2)C1. The molecule has 1 atom stereocenters. The Balaban J connectivity index is 1.59. The molecule has 0 radical (unpaired) electrons. The number of carbonyl (C=O) groups excluding carboxylic acids is 1. The molecule has 0 spiro atoms. The number of halogens is 2. The Hall–Kier alpha value is -3.27. The average Bonchev–Trinajstić information content (AvgIpc) is 2.77. The lowest BCUT2D eigenvalue weighted by molar-refractivity contribution is -0.125. The van der Waals surface area contributed by atoms with Crippen molar-refractivity contribution in [1.29, 1.82) is 0 Å². The van der Waals surface area contributed by atoms with Gasteiger partial charge in [0.2, 0.25) is 11.9 Å². The second-order valence-corrected chi connectivity index (χ2v) is 11.5. The van der Waals surface area contributed by atoms with Gasteiger partial charge in [-0.05, 0) is 37.4 Å². The minimum absolute atomic E-state index is 0.0953. The number of carbonyl (C=O) groups is 1. The molecular weight excluding hydrogens is 507 g/mol. The van der Waals surface area contributed by atoms with Crippen LogP contribution < -0.4 is 16.0 Å². The number of hydrogen-bond acceptors (Lipinski definition) is 7. The van der Waals surface area contributed by atoms with Crippen LogP contribution in [0.15, 0.2) is 36.1 Å². The van der Waals surface area contributed by atoms with Crippen molar-refractivity contribution in [3.8, 4) is 0 Å². The van der Waals surface area contributed by atoms with Gasteiger partial charge in [-0.2, -0.15) is 0 Å². The lowest BCUT2D eigenvalue weighted by Crippen LogP contribution is -2.64. The zero-order valence-corrected chi connectivity index (χ0v) is 22.3. The van der Waals surface area contributed by atoms with Gasteiger partial charge >= 0.3 is 0 Å². The molecule has 38 heavy (non-hydrogen) atoms. The minimum Gasteiger partial charge on any atom is -0.512 e. The van der Waals surface area contributed by atoms with Gasteiger partial charge in [0.15, 0.2) is 5.82 Å². The van der Waals surface area contributed by atoms with Gasteiger partial charge in [-0.25, -0.2) is 14.4 Å². The van der Waals surface area contributed by atoms with Crippen LogP contribution in [0, 0.1) is 5.82 Å². The van der Waals surface area contributed by atoms with Crippen molar-refractivity contribution in [2.45, 2.75) is 30.2 Å². The van der Waals surface area contributed by atoms with Crippen LogP contribution >= 0.6 is 11.6 Å². The molecule has 10 heteroatoms. The summed E-state index contributed by atoms with van der Waals surface area (Å²) in [5, 5.41) is 14.3. The first-order valence-corrected chi connectivity index (χ1v) is 13.0.